The number of benzene rings is 1. The van der Waals surface area contributed by atoms with Crippen LogP contribution in [0.25, 0.3) is 0 Å². The molecule has 0 radical (unpaired) electrons. The van der Waals surface area contributed by atoms with Crippen molar-refractivity contribution in [1.29, 1.82) is 0 Å². The van der Waals surface area contributed by atoms with Crippen LogP contribution in [-0.2, 0) is 13.1 Å². The van der Waals surface area contributed by atoms with Crippen molar-refractivity contribution in [3.05, 3.63) is 46.5 Å². The second-order valence-corrected chi connectivity index (χ2v) is 4.00. The van der Waals surface area contributed by atoms with Gasteiger partial charge in [-0.3, -0.25) is 5.10 Å². The maximum absolute atomic E-state index is 5.80. The smallest absolute Gasteiger partial charge is 0.164 e. The molecule has 0 aliphatic carbocycles. The third-order valence-corrected chi connectivity index (χ3v) is 2.42. The zero-order valence-electron chi connectivity index (χ0n) is 9.00. The average Bonchev–Trinajstić information content (AvgIpc) is 2.67. The molecular weight excluding hydrogens is 224 g/mol. The Balaban J connectivity index is 1.82. The van der Waals surface area contributed by atoms with Crippen LogP contribution in [0.3, 0.4) is 0 Å². The maximum atomic E-state index is 5.80. The maximum Gasteiger partial charge on any atom is 0.164 e. The highest BCUT2D eigenvalue weighted by atomic mass is 35.5. The van der Waals surface area contributed by atoms with E-state index in [1.54, 1.807) is 0 Å². The molecule has 1 heterocycles. The molecule has 0 saturated carbocycles. The van der Waals surface area contributed by atoms with Gasteiger partial charge in [-0.15, -0.1) is 0 Å². The molecule has 1 aromatic carbocycles. The Morgan fingerprint density at radius 3 is 2.62 bits per heavy atom. The van der Waals surface area contributed by atoms with Crippen molar-refractivity contribution in [2.24, 2.45) is 0 Å². The van der Waals surface area contributed by atoms with Crippen LogP contribution in [0.5, 0.6) is 0 Å². The summed E-state index contributed by atoms with van der Waals surface area (Å²) in [5, 5.41) is 10.9. The Bertz CT molecular complexity index is 449. The van der Waals surface area contributed by atoms with Crippen molar-refractivity contribution < 1.29 is 0 Å². The number of halogens is 1. The second kappa shape index (κ2) is 5.09. The van der Waals surface area contributed by atoms with Gasteiger partial charge in [0.25, 0.3) is 0 Å². The monoisotopic (exact) mass is 236 g/mol. The van der Waals surface area contributed by atoms with Gasteiger partial charge in [-0.25, -0.2) is 4.98 Å². The Hall–Kier alpha value is -1.39. The molecule has 4 nitrogen and oxygen atoms in total. The fourth-order valence-corrected chi connectivity index (χ4v) is 1.51. The van der Waals surface area contributed by atoms with E-state index < -0.39 is 0 Å². The van der Waals surface area contributed by atoms with E-state index in [1.807, 2.05) is 31.2 Å². The molecule has 0 bridgehead atoms. The number of aromatic amines is 1. The fraction of sp³-hybridized carbons (Fsp3) is 0.273. The van der Waals surface area contributed by atoms with E-state index in [9.17, 15) is 0 Å². The van der Waals surface area contributed by atoms with Gasteiger partial charge in [0.05, 0.1) is 6.54 Å². The number of rotatable bonds is 4. The molecule has 0 aliphatic rings. The molecule has 5 heteroatoms. The van der Waals surface area contributed by atoms with E-state index in [0.717, 1.165) is 23.2 Å². The van der Waals surface area contributed by atoms with Crippen LogP contribution in [0.4, 0.5) is 0 Å². The molecule has 0 saturated heterocycles. The lowest BCUT2D eigenvalue weighted by Crippen LogP contribution is -2.13. The van der Waals surface area contributed by atoms with Gasteiger partial charge < -0.3 is 5.32 Å². The predicted molar refractivity (Wildman–Crippen MR) is 63.1 cm³/mol. The normalized spacial score (nSPS) is 10.6. The van der Waals surface area contributed by atoms with Crippen molar-refractivity contribution >= 4 is 11.6 Å². The summed E-state index contributed by atoms with van der Waals surface area (Å²) in [4.78, 5) is 4.21. The van der Waals surface area contributed by atoms with Gasteiger partial charge in [0.1, 0.15) is 5.82 Å². The number of aromatic nitrogens is 3. The van der Waals surface area contributed by atoms with Crippen LogP contribution in [0.1, 0.15) is 17.2 Å². The third kappa shape index (κ3) is 3.05. The van der Waals surface area contributed by atoms with Crippen molar-refractivity contribution in [1.82, 2.24) is 20.5 Å². The summed E-state index contributed by atoms with van der Waals surface area (Å²) >= 11 is 5.80. The van der Waals surface area contributed by atoms with E-state index >= 15 is 0 Å². The molecular formula is C11H13ClN4. The molecule has 16 heavy (non-hydrogen) atoms. The Kier molecular flexibility index (Phi) is 3.54. The van der Waals surface area contributed by atoms with Crippen LogP contribution < -0.4 is 5.32 Å². The Labute approximate surface area is 99.1 Å². The second-order valence-electron chi connectivity index (χ2n) is 3.57. The van der Waals surface area contributed by atoms with Crippen LogP contribution >= 0.6 is 11.6 Å². The topological polar surface area (TPSA) is 53.6 Å². The van der Waals surface area contributed by atoms with Crippen LogP contribution in [0.15, 0.2) is 24.3 Å². The zero-order valence-corrected chi connectivity index (χ0v) is 9.75. The van der Waals surface area contributed by atoms with Crippen LogP contribution in [0, 0.1) is 6.92 Å². The predicted octanol–water partition coefficient (Wildman–Crippen LogP) is 2.06. The van der Waals surface area contributed by atoms with Gasteiger partial charge in [-0.2, -0.15) is 5.10 Å². The van der Waals surface area contributed by atoms with Gasteiger partial charge in [0, 0.05) is 11.6 Å². The van der Waals surface area contributed by atoms with Crippen LogP contribution in [-0.4, -0.2) is 15.2 Å². The molecule has 2 aromatic rings. The minimum atomic E-state index is 0.660. The fourth-order valence-electron chi connectivity index (χ4n) is 1.39. The molecule has 2 N–H and O–H groups in total. The molecule has 0 fully saturated rings. The molecule has 0 amide bonds. The van der Waals surface area contributed by atoms with Crippen LogP contribution in [0.2, 0.25) is 5.02 Å². The first-order chi connectivity index (χ1) is 7.74. The number of nitrogens with one attached hydrogen (secondary N) is 2. The Morgan fingerprint density at radius 2 is 2.00 bits per heavy atom. The minimum Gasteiger partial charge on any atom is -0.306 e. The number of hydrogen-bond acceptors (Lipinski definition) is 3. The van der Waals surface area contributed by atoms with Gasteiger partial charge in [0.15, 0.2) is 5.82 Å². The zero-order chi connectivity index (χ0) is 11.4. The first-order valence-corrected chi connectivity index (χ1v) is 5.45. The van der Waals surface area contributed by atoms with Gasteiger partial charge in [-0.05, 0) is 24.6 Å². The average molecular weight is 237 g/mol. The van der Waals surface area contributed by atoms with E-state index in [4.69, 9.17) is 11.6 Å². The SMILES string of the molecule is Cc1nc(CNCc2ccc(Cl)cc2)n[nH]1. The van der Waals surface area contributed by atoms with Crippen molar-refractivity contribution in [2.45, 2.75) is 20.0 Å². The molecule has 0 unspecified atom stereocenters. The molecule has 0 aliphatic heterocycles. The van der Waals surface area contributed by atoms with Gasteiger partial charge in [-0.1, -0.05) is 23.7 Å². The highest BCUT2D eigenvalue weighted by molar-refractivity contribution is 6.30. The van der Waals surface area contributed by atoms with Gasteiger partial charge >= 0.3 is 0 Å². The lowest BCUT2D eigenvalue weighted by molar-refractivity contribution is 0.664. The molecule has 0 spiro atoms. The van der Waals surface area contributed by atoms with Gasteiger partial charge in [0.2, 0.25) is 0 Å². The molecule has 1 aromatic heterocycles. The third-order valence-electron chi connectivity index (χ3n) is 2.17. The van der Waals surface area contributed by atoms with E-state index in [0.29, 0.717) is 6.54 Å². The highest BCUT2D eigenvalue weighted by Gasteiger charge is 1.99. The summed E-state index contributed by atoms with van der Waals surface area (Å²) in [6.45, 7) is 3.33. The minimum absolute atomic E-state index is 0.660. The summed E-state index contributed by atoms with van der Waals surface area (Å²) in [7, 11) is 0. The van der Waals surface area contributed by atoms with E-state index in [-0.39, 0.29) is 0 Å². The van der Waals surface area contributed by atoms with E-state index in [2.05, 4.69) is 20.5 Å². The lowest BCUT2D eigenvalue weighted by Gasteiger charge is -2.02. The van der Waals surface area contributed by atoms with Crippen molar-refractivity contribution in [2.75, 3.05) is 0 Å². The number of nitrogens with zero attached hydrogens (tertiary/aromatic N) is 2. The number of H-pyrrole nitrogens is 1. The first kappa shape index (κ1) is 11.1. The molecule has 84 valence electrons. The first-order valence-electron chi connectivity index (χ1n) is 5.07. The van der Waals surface area contributed by atoms with E-state index in [1.165, 1.54) is 5.56 Å². The highest BCUT2D eigenvalue weighted by Crippen LogP contribution is 2.09. The molecule has 2 rings (SSSR count). The standard InChI is InChI=1S/C11H13ClN4/c1-8-14-11(16-15-8)7-13-6-9-2-4-10(12)5-3-9/h2-5,13H,6-7H2,1H3,(H,14,15,16). The summed E-state index contributed by atoms with van der Waals surface area (Å²) in [5.74, 6) is 1.62. The summed E-state index contributed by atoms with van der Waals surface area (Å²) in [5.41, 5.74) is 1.19. The summed E-state index contributed by atoms with van der Waals surface area (Å²) < 4.78 is 0. The largest absolute Gasteiger partial charge is 0.306 e. The quantitative estimate of drug-likeness (QED) is 0.855. The van der Waals surface area contributed by atoms with Crippen molar-refractivity contribution in [3.8, 4) is 0 Å². The summed E-state index contributed by atoms with van der Waals surface area (Å²) in [6, 6.07) is 7.77. The number of aryl methyl sites for hydroxylation is 1. The number of hydrogen-bond donors (Lipinski definition) is 2. The molecule has 0 atom stereocenters. The lowest BCUT2D eigenvalue weighted by atomic mass is 10.2. The Morgan fingerprint density at radius 1 is 1.25 bits per heavy atom. The van der Waals surface area contributed by atoms with Crippen molar-refractivity contribution in [3.63, 3.8) is 0 Å². The summed E-state index contributed by atoms with van der Waals surface area (Å²) in [6.07, 6.45) is 0.